The van der Waals surface area contributed by atoms with Crippen molar-refractivity contribution in [3.63, 3.8) is 0 Å². The normalized spacial score (nSPS) is 11.0. The number of para-hydroxylation sites is 1. The number of nitrogens with one attached hydrogen (secondary N) is 1. The lowest BCUT2D eigenvalue weighted by molar-refractivity contribution is -0.113. The number of benzene rings is 1. The van der Waals surface area contributed by atoms with Crippen LogP contribution in [0, 0.1) is 0 Å². The molecule has 4 aromatic rings. The van der Waals surface area contributed by atoms with E-state index in [2.05, 4.69) is 20.5 Å². The fraction of sp³-hybridized carbons (Fsp3) is 0.158. The number of rotatable bonds is 6. The average molecular weight is 379 g/mol. The molecule has 8 heteroatoms. The number of fused-ring (bicyclic) bond motifs is 1. The third-order valence-electron chi connectivity index (χ3n) is 4.01. The van der Waals surface area contributed by atoms with Gasteiger partial charge in [0, 0.05) is 18.1 Å². The number of nitrogens with zero attached hydrogens (tertiary/aromatic N) is 4. The van der Waals surface area contributed by atoms with Crippen LogP contribution in [0.4, 0.5) is 5.69 Å². The van der Waals surface area contributed by atoms with Gasteiger partial charge in [-0.2, -0.15) is 0 Å². The number of carbonyl (C=O) groups excluding carboxylic acids is 1. The fourth-order valence-electron chi connectivity index (χ4n) is 2.79. The van der Waals surface area contributed by atoms with Crippen molar-refractivity contribution < 1.29 is 9.21 Å². The van der Waals surface area contributed by atoms with Crippen LogP contribution in [0.3, 0.4) is 0 Å². The molecule has 27 heavy (non-hydrogen) atoms. The maximum Gasteiger partial charge on any atom is 0.234 e. The third kappa shape index (κ3) is 3.56. The Kier molecular flexibility index (Phi) is 4.88. The Labute approximate surface area is 159 Å². The molecule has 0 aliphatic rings. The fourth-order valence-corrected chi connectivity index (χ4v) is 3.59. The lowest BCUT2D eigenvalue weighted by Gasteiger charge is -2.08. The lowest BCUT2D eigenvalue weighted by Crippen LogP contribution is -2.15. The molecular weight excluding hydrogens is 362 g/mol. The van der Waals surface area contributed by atoms with E-state index in [1.54, 1.807) is 12.5 Å². The van der Waals surface area contributed by atoms with Crippen LogP contribution in [-0.4, -0.2) is 31.4 Å². The number of hydrogen-bond acceptors (Lipinski definition) is 6. The molecule has 3 aromatic heterocycles. The first kappa shape index (κ1) is 17.3. The summed E-state index contributed by atoms with van der Waals surface area (Å²) < 4.78 is 7.33. The van der Waals surface area contributed by atoms with Gasteiger partial charge in [0.1, 0.15) is 0 Å². The van der Waals surface area contributed by atoms with Crippen molar-refractivity contribution in [3.8, 4) is 11.6 Å². The highest BCUT2D eigenvalue weighted by atomic mass is 32.2. The van der Waals surface area contributed by atoms with Crippen LogP contribution in [-0.2, 0) is 11.3 Å². The van der Waals surface area contributed by atoms with Crippen LogP contribution in [0.15, 0.2) is 64.5 Å². The number of aromatic nitrogens is 4. The van der Waals surface area contributed by atoms with Crippen molar-refractivity contribution >= 4 is 34.3 Å². The number of thioether (sulfide) groups is 1. The topological polar surface area (TPSA) is 85.8 Å². The van der Waals surface area contributed by atoms with Gasteiger partial charge in [0.2, 0.25) is 5.91 Å². The van der Waals surface area contributed by atoms with E-state index < -0.39 is 0 Å². The van der Waals surface area contributed by atoms with Crippen LogP contribution in [0.1, 0.15) is 6.92 Å². The standard InChI is InChI=1S/C19H17N5O2S/c1-2-24-18(15-9-5-11-26-15)22-23-19(24)27-12-16(25)21-14-8-3-6-13-7-4-10-20-17(13)14/h3-11H,2,12H2,1H3,(H,21,25). The Morgan fingerprint density at radius 1 is 1.19 bits per heavy atom. The van der Waals surface area contributed by atoms with Crippen LogP contribution in [0.5, 0.6) is 0 Å². The zero-order valence-electron chi connectivity index (χ0n) is 14.6. The zero-order chi connectivity index (χ0) is 18.6. The van der Waals surface area contributed by atoms with Gasteiger partial charge in [-0.25, -0.2) is 0 Å². The van der Waals surface area contributed by atoms with Crippen LogP contribution >= 0.6 is 11.8 Å². The number of anilines is 1. The zero-order valence-corrected chi connectivity index (χ0v) is 15.4. The number of furan rings is 1. The average Bonchev–Trinajstić information content (AvgIpc) is 3.36. The first-order valence-electron chi connectivity index (χ1n) is 8.49. The molecule has 4 rings (SSSR count). The Morgan fingerprint density at radius 2 is 2.07 bits per heavy atom. The van der Waals surface area contributed by atoms with E-state index >= 15 is 0 Å². The van der Waals surface area contributed by atoms with E-state index in [-0.39, 0.29) is 11.7 Å². The molecule has 0 atom stereocenters. The van der Waals surface area contributed by atoms with Gasteiger partial charge < -0.3 is 9.73 Å². The molecule has 7 nitrogen and oxygen atoms in total. The molecule has 0 saturated carbocycles. The van der Waals surface area contributed by atoms with Crippen molar-refractivity contribution in [1.82, 2.24) is 19.7 Å². The highest BCUT2D eigenvalue weighted by Crippen LogP contribution is 2.25. The highest BCUT2D eigenvalue weighted by Gasteiger charge is 2.16. The molecule has 136 valence electrons. The third-order valence-corrected chi connectivity index (χ3v) is 4.98. The molecule has 3 heterocycles. The van der Waals surface area contributed by atoms with E-state index in [0.29, 0.717) is 29.0 Å². The van der Waals surface area contributed by atoms with Gasteiger partial charge in [0.15, 0.2) is 16.7 Å². The van der Waals surface area contributed by atoms with E-state index in [0.717, 1.165) is 10.9 Å². The molecule has 1 aromatic carbocycles. The summed E-state index contributed by atoms with van der Waals surface area (Å²) in [6.45, 7) is 2.68. The van der Waals surface area contributed by atoms with Crippen molar-refractivity contribution in [3.05, 3.63) is 54.9 Å². The van der Waals surface area contributed by atoms with Crippen molar-refractivity contribution in [2.24, 2.45) is 0 Å². The lowest BCUT2D eigenvalue weighted by atomic mass is 10.2. The quantitative estimate of drug-likeness (QED) is 0.512. The van der Waals surface area contributed by atoms with Gasteiger partial charge in [-0.3, -0.25) is 14.3 Å². The predicted octanol–water partition coefficient (Wildman–Crippen LogP) is 3.84. The van der Waals surface area contributed by atoms with Crippen LogP contribution in [0.25, 0.3) is 22.5 Å². The second-order valence-electron chi connectivity index (χ2n) is 5.75. The Morgan fingerprint density at radius 3 is 2.89 bits per heavy atom. The minimum atomic E-state index is -0.122. The maximum atomic E-state index is 12.4. The molecule has 0 radical (unpaired) electrons. The molecule has 0 aliphatic carbocycles. The summed E-state index contributed by atoms with van der Waals surface area (Å²) in [5.41, 5.74) is 1.47. The molecule has 0 unspecified atom stereocenters. The number of carbonyl (C=O) groups is 1. The highest BCUT2D eigenvalue weighted by molar-refractivity contribution is 7.99. The summed E-state index contributed by atoms with van der Waals surface area (Å²) >= 11 is 1.34. The smallest absolute Gasteiger partial charge is 0.234 e. The first-order chi connectivity index (χ1) is 13.3. The van der Waals surface area contributed by atoms with Gasteiger partial charge in [-0.15, -0.1) is 10.2 Å². The summed E-state index contributed by atoms with van der Waals surface area (Å²) in [6, 6.07) is 13.2. The SMILES string of the molecule is CCn1c(SCC(=O)Nc2cccc3cccnc23)nnc1-c1ccco1. The van der Waals surface area contributed by atoms with Gasteiger partial charge in [-0.1, -0.05) is 30.0 Å². The van der Waals surface area contributed by atoms with Gasteiger partial charge in [0.05, 0.1) is 23.2 Å². The number of hydrogen-bond donors (Lipinski definition) is 1. The van der Waals surface area contributed by atoms with Gasteiger partial charge in [-0.05, 0) is 31.2 Å². The summed E-state index contributed by atoms with van der Waals surface area (Å²) in [5.74, 6) is 1.41. The number of pyridine rings is 1. The van der Waals surface area contributed by atoms with Crippen molar-refractivity contribution in [2.75, 3.05) is 11.1 Å². The monoisotopic (exact) mass is 379 g/mol. The predicted molar refractivity (Wildman–Crippen MR) is 104 cm³/mol. The van der Waals surface area contributed by atoms with E-state index in [4.69, 9.17) is 4.42 Å². The molecule has 0 bridgehead atoms. The molecular formula is C19H17N5O2S. The van der Waals surface area contributed by atoms with Crippen molar-refractivity contribution in [1.29, 1.82) is 0 Å². The summed E-state index contributed by atoms with van der Waals surface area (Å²) in [4.78, 5) is 16.8. The summed E-state index contributed by atoms with van der Waals surface area (Å²) in [7, 11) is 0. The van der Waals surface area contributed by atoms with E-state index in [9.17, 15) is 4.79 Å². The second kappa shape index (κ2) is 7.63. The molecule has 0 saturated heterocycles. The molecule has 0 fully saturated rings. The Hall–Kier alpha value is -3.13. The Bertz CT molecular complexity index is 1070. The molecule has 0 aliphatic heterocycles. The van der Waals surface area contributed by atoms with Crippen molar-refractivity contribution in [2.45, 2.75) is 18.6 Å². The molecule has 1 amide bonds. The minimum Gasteiger partial charge on any atom is -0.461 e. The largest absolute Gasteiger partial charge is 0.461 e. The number of amides is 1. The van der Waals surface area contributed by atoms with E-state index in [1.807, 2.05) is 54.0 Å². The van der Waals surface area contributed by atoms with E-state index in [1.165, 1.54) is 11.8 Å². The Balaban J connectivity index is 1.47. The maximum absolute atomic E-state index is 12.4. The summed E-state index contributed by atoms with van der Waals surface area (Å²) in [6.07, 6.45) is 3.31. The summed E-state index contributed by atoms with van der Waals surface area (Å²) in [5, 5.41) is 13.0. The van der Waals surface area contributed by atoms with Gasteiger partial charge in [0.25, 0.3) is 0 Å². The van der Waals surface area contributed by atoms with Gasteiger partial charge >= 0.3 is 0 Å². The minimum absolute atomic E-state index is 0.122. The second-order valence-corrected chi connectivity index (χ2v) is 6.69. The molecule has 1 N–H and O–H groups in total. The molecule has 0 spiro atoms. The van der Waals surface area contributed by atoms with Crippen LogP contribution in [0.2, 0.25) is 0 Å². The van der Waals surface area contributed by atoms with Crippen LogP contribution < -0.4 is 5.32 Å². The first-order valence-corrected chi connectivity index (χ1v) is 9.48.